The Labute approximate surface area is 85.2 Å². The Balaban J connectivity index is 2.74. The lowest BCUT2D eigenvalue weighted by molar-refractivity contribution is 0.189. The summed E-state index contributed by atoms with van der Waals surface area (Å²) in [6.45, 7) is -0.237. The molecule has 0 saturated carbocycles. The molecule has 0 radical (unpaired) electrons. The van der Waals surface area contributed by atoms with E-state index >= 15 is 0 Å². The zero-order chi connectivity index (χ0) is 11.3. The summed E-state index contributed by atoms with van der Waals surface area (Å²) in [6.07, 6.45) is 0. The first-order chi connectivity index (χ1) is 7.01. The number of hydrogen-bond donors (Lipinski definition) is 2. The molecular weight excluding hydrogens is 221 g/mol. The van der Waals surface area contributed by atoms with Crippen LogP contribution in [0.15, 0.2) is 29.4 Å². The normalized spacial score (nSPS) is 10.8. The maximum Gasteiger partial charge on any atom is 0.469 e. The zero-order valence-electron chi connectivity index (χ0n) is 7.52. The first kappa shape index (κ1) is 11.7. The van der Waals surface area contributed by atoms with Gasteiger partial charge in [0, 0.05) is 10.6 Å². The number of azide groups is 1. The Kier molecular flexibility index (Phi) is 3.85. The molecule has 0 saturated heterocycles. The minimum atomic E-state index is -4.47. The number of hydrogen-bond acceptors (Lipinski definition) is 3. The summed E-state index contributed by atoms with van der Waals surface area (Å²) in [4.78, 5) is 19.5. The first-order valence-corrected chi connectivity index (χ1v) is 5.38. The summed E-state index contributed by atoms with van der Waals surface area (Å²) < 4.78 is 14.7. The largest absolute Gasteiger partial charge is 0.469 e. The molecule has 1 aromatic carbocycles. The van der Waals surface area contributed by atoms with E-state index in [0.717, 1.165) is 0 Å². The SMILES string of the molecule is [N-]=[N+]=Nc1cccc(COP(=O)(O)O)c1. The fraction of sp³-hybridized carbons (Fsp3) is 0.143. The van der Waals surface area contributed by atoms with Crippen molar-refractivity contribution in [1.82, 2.24) is 0 Å². The summed E-state index contributed by atoms with van der Waals surface area (Å²) >= 11 is 0. The molecule has 0 aromatic heterocycles. The van der Waals surface area contributed by atoms with Crippen molar-refractivity contribution < 1.29 is 18.9 Å². The quantitative estimate of drug-likeness (QED) is 0.356. The van der Waals surface area contributed by atoms with E-state index < -0.39 is 7.82 Å². The molecule has 15 heavy (non-hydrogen) atoms. The van der Waals surface area contributed by atoms with Crippen LogP contribution < -0.4 is 0 Å². The first-order valence-electron chi connectivity index (χ1n) is 3.85. The predicted molar refractivity (Wildman–Crippen MR) is 52.1 cm³/mol. The minimum absolute atomic E-state index is 0.237. The van der Waals surface area contributed by atoms with Gasteiger partial charge in [-0.05, 0) is 17.2 Å². The molecule has 8 heteroatoms. The van der Waals surface area contributed by atoms with E-state index in [-0.39, 0.29) is 6.61 Å². The van der Waals surface area contributed by atoms with Gasteiger partial charge in [-0.2, -0.15) is 0 Å². The van der Waals surface area contributed by atoms with Gasteiger partial charge in [0.1, 0.15) is 0 Å². The molecule has 0 aliphatic carbocycles. The average molecular weight is 229 g/mol. The van der Waals surface area contributed by atoms with Crippen molar-refractivity contribution in [3.63, 3.8) is 0 Å². The number of benzene rings is 1. The Morgan fingerprint density at radius 2 is 2.27 bits per heavy atom. The molecule has 0 unspecified atom stereocenters. The van der Waals surface area contributed by atoms with Gasteiger partial charge in [-0.3, -0.25) is 4.52 Å². The lowest BCUT2D eigenvalue weighted by Crippen LogP contribution is -1.90. The van der Waals surface area contributed by atoms with Crippen LogP contribution in [0, 0.1) is 0 Å². The molecule has 0 spiro atoms. The fourth-order valence-electron chi connectivity index (χ4n) is 0.919. The molecule has 0 aliphatic heterocycles. The standard InChI is InChI=1S/C7H8N3O4P/c8-10-9-7-3-1-2-6(4-7)5-14-15(11,12)13/h1-4H,5H2,(H2,11,12,13). The molecule has 1 aromatic rings. The van der Waals surface area contributed by atoms with Crippen LogP contribution in [0.4, 0.5) is 5.69 Å². The molecule has 0 fully saturated rings. The lowest BCUT2D eigenvalue weighted by Gasteiger charge is -2.05. The maximum absolute atomic E-state index is 10.4. The second-order valence-electron chi connectivity index (χ2n) is 2.62. The second-order valence-corrected chi connectivity index (χ2v) is 3.86. The van der Waals surface area contributed by atoms with E-state index in [1.54, 1.807) is 18.2 Å². The predicted octanol–water partition coefficient (Wildman–Crippen LogP) is 2.24. The van der Waals surface area contributed by atoms with Gasteiger partial charge in [0.2, 0.25) is 0 Å². The van der Waals surface area contributed by atoms with Gasteiger partial charge in [-0.15, -0.1) is 0 Å². The molecule has 1 rings (SSSR count). The summed E-state index contributed by atoms with van der Waals surface area (Å²) in [5.41, 5.74) is 9.05. The van der Waals surface area contributed by atoms with Gasteiger partial charge < -0.3 is 9.79 Å². The van der Waals surface area contributed by atoms with Crippen LogP contribution in [-0.4, -0.2) is 9.79 Å². The van der Waals surface area contributed by atoms with Crippen molar-refractivity contribution in [2.75, 3.05) is 0 Å². The maximum atomic E-state index is 10.4. The van der Waals surface area contributed by atoms with E-state index in [9.17, 15) is 4.57 Å². The number of phosphoric acid groups is 1. The van der Waals surface area contributed by atoms with Crippen LogP contribution in [0.3, 0.4) is 0 Å². The lowest BCUT2D eigenvalue weighted by atomic mass is 10.2. The van der Waals surface area contributed by atoms with Crippen LogP contribution in [0.25, 0.3) is 10.4 Å². The van der Waals surface area contributed by atoms with Crippen molar-refractivity contribution in [2.45, 2.75) is 6.61 Å². The van der Waals surface area contributed by atoms with E-state index in [1.807, 2.05) is 0 Å². The monoisotopic (exact) mass is 229 g/mol. The number of nitrogens with zero attached hydrogens (tertiary/aromatic N) is 3. The molecule has 80 valence electrons. The van der Waals surface area contributed by atoms with Gasteiger partial charge in [0.25, 0.3) is 0 Å². The minimum Gasteiger partial charge on any atom is -0.303 e. The molecule has 0 heterocycles. The Morgan fingerprint density at radius 1 is 1.53 bits per heavy atom. The van der Waals surface area contributed by atoms with Crippen LogP contribution in [0.2, 0.25) is 0 Å². The van der Waals surface area contributed by atoms with E-state index in [4.69, 9.17) is 15.3 Å². The summed E-state index contributed by atoms with van der Waals surface area (Å²) in [5.74, 6) is 0. The third-order valence-electron chi connectivity index (χ3n) is 1.47. The van der Waals surface area contributed by atoms with Gasteiger partial charge in [-0.25, -0.2) is 4.57 Å². The Bertz CT molecular complexity index is 438. The second kappa shape index (κ2) is 4.93. The van der Waals surface area contributed by atoms with Crippen LogP contribution >= 0.6 is 7.82 Å². The molecular formula is C7H8N3O4P. The summed E-state index contributed by atoms with van der Waals surface area (Å²) in [7, 11) is -4.47. The van der Waals surface area contributed by atoms with E-state index in [2.05, 4.69) is 14.5 Å². The smallest absolute Gasteiger partial charge is 0.303 e. The van der Waals surface area contributed by atoms with Gasteiger partial charge >= 0.3 is 7.82 Å². The highest BCUT2D eigenvalue weighted by molar-refractivity contribution is 7.46. The van der Waals surface area contributed by atoms with Gasteiger partial charge in [0.05, 0.1) is 6.61 Å². The molecule has 0 atom stereocenters. The topological polar surface area (TPSA) is 116 Å². The van der Waals surface area contributed by atoms with Crippen molar-refractivity contribution in [2.24, 2.45) is 5.11 Å². The van der Waals surface area contributed by atoms with E-state index in [0.29, 0.717) is 11.3 Å². The summed E-state index contributed by atoms with van der Waals surface area (Å²) in [5, 5.41) is 3.34. The van der Waals surface area contributed by atoms with Crippen molar-refractivity contribution >= 4 is 13.5 Å². The Morgan fingerprint density at radius 3 is 2.87 bits per heavy atom. The van der Waals surface area contributed by atoms with Crippen molar-refractivity contribution in [1.29, 1.82) is 0 Å². The van der Waals surface area contributed by atoms with Gasteiger partial charge in [-0.1, -0.05) is 23.3 Å². The number of rotatable bonds is 4. The van der Waals surface area contributed by atoms with Crippen LogP contribution in [0.1, 0.15) is 5.56 Å². The van der Waals surface area contributed by atoms with Crippen molar-refractivity contribution in [3.05, 3.63) is 40.3 Å². The summed E-state index contributed by atoms with van der Waals surface area (Å²) in [6, 6.07) is 6.25. The highest BCUT2D eigenvalue weighted by Crippen LogP contribution is 2.37. The molecule has 2 N–H and O–H groups in total. The van der Waals surface area contributed by atoms with Crippen molar-refractivity contribution in [3.8, 4) is 0 Å². The third-order valence-corrected chi connectivity index (χ3v) is 1.94. The Hall–Kier alpha value is -1.36. The number of phosphoric ester groups is 1. The highest BCUT2D eigenvalue weighted by atomic mass is 31.2. The third kappa shape index (κ3) is 4.60. The van der Waals surface area contributed by atoms with Crippen LogP contribution in [0.5, 0.6) is 0 Å². The van der Waals surface area contributed by atoms with Crippen LogP contribution in [-0.2, 0) is 15.7 Å². The molecule has 0 amide bonds. The molecule has 0 bridgehead atoms. The fourth-order valence-corrected chi connectivity index (χ4v) is 1.24. The highest BCUT2D eigenvalue weighted by Gasteiger charge is 2.13. The molecule has 0 aliphatic rings. The van der Waals surface area contributed by atoms with E-state index in [1.165, 1.54) is 6.07 Å². The van der Waals surface area contributed by atoms with Gasteiger partial charge in [0.15, 0.2) is 0 Å². The average Bonchev–Trinajstić information content (AvgIpc) is 2.15. The zero-order valence-corrected chi connectivity index (χ0v) is 8.41. The molecule has 7 nitrogen and oxygen atoms in total.